The van der Waals surface area contributed by atoms with Gasteiger partial charge >= 0.3 is 0 Å². The second-order valence-corrected chi connectivity index (χ2v) is 14.4. The number of rotatable bonds is 3. The Balaban J connectivity index is 1.36. The summed E-state index contributed by atoms with van der Waals surface area (Å²) in [7, 11) is 0. The Morgan fingerprint density at radius 1 is 0.577 bits per heavy atom. The van der Waals surface area contributed by atoms with Crippen molar-refractivity contribution in [2.45, 2.75) is 19.3 Å². The van der Waals surface area contributed by atoms with Gasteiger partial charge in [-0.1, -0.05) is 92.7 Å². The number of aromatic nitrogens is 2. The molecule has 0 amide bonds. The molecule has 11 rings (SSSR count). The molecular weight excluding hydrogens is 637 g/mol. The molecule has 0 unspecified atom stereocenters. The third-order valence-corrected chi connectivity index (χ3v) is 11.4. The highest BCUT2D eigenvalue weighted by molar-refractivity contribution is 6.19. The van der Waals surface area contributed by atoms with Crippen LogP contribution in [0, 0.1) is 16.7 Å². The molecule has 1 aliphatic carbocycles. The molecule has 5 heteroatoms. The van der Waals surface area contributed by atoms with Gasteiger partial charge in [-0.05, 0) is 76.3 Å². The minimum absolute atomic E-state index is 0.219. The van der Waals surface area contributed by atoms with Gasteiger partial charge in [0, 0.05) is 50.0 Å². The van der Waals surface area contributed by atoms with Crippen molar-refractivity contribution >= 4 is 71.8 Å². The van der Waals surface area contributed by atoms with Crippen molar-refractivity contribution < 1.29 is 4.42 Å². The summed E-state index contributed by atoms with van der Waals surface area (Å²) in [5.74, 6) is 0. The topological polar surface area (TPSA) is 70.6 Å². The molecule has 0 fully saturated rings. The molecule has 52 heavy (non-hydrogen) atoms. The lowest BCUT2D eigenvalue weighted by atomic mass is 9.82. The predicted molar refractivity (Wildman–Crippen MR) is 213 cm³/mol. The third-order valence-electron chi connectivity index (χ3n) is 11.4. The van der Waals surface area contributed by atoms with E-state index < -0.39 is 0 Å². The SMILES string of the molecule is CC1(C)c2ccccc2-c2cc3c4cc5c(cc4n(-c4c(C#N)cc(C=N)cc4-n4c6ccccc6c6ccccc64)c3cc21)oc1ccccc15. The Labute approximate surface area is 298 Å². The molecule has 7 aromatic carbocycles. The van der Waals surface area contributed by atoms with Gasteiger partial charge in [-0.25, -0.2) is 0 Å². The molecule has 0 spiro atoms. The fourth-order valence-electron chi connectivity index (χ4n) is 9.07. The van der Waals surface area contributed by atoms with E-state index in [-0.39, 0.29) is 5.41 Å². The molecule has 10 aromatic rings. The number of para-hydroxylation sites is 3. The van der Waals surface area contributed by atoms with Crippen molar-refractivity contribution in [3.8, 4) is 28.6 Å². The summed E-state index contributed by atoms with van der Waals surface area (Å²) in [6.45, 7) is 4.61. The van der Waals surface area contributed by atoms with Gasteiger partial charge in [0.05, 0.1) is 39.0 Å². The van der Waals surface area contributed by atoms with Gasteiger partial charge in [0.1, 0.15) is 17.2 Å². The first kappa shape index (κ1) is 28.9. The molecule has 244 valence electrons. The first-order valence-electron chi connectivity index (χ1n) is 17.6. The van der Waals surface area contributed by atoms with Crippen molar-refractivity contribution in [3.63, 3.8) is 0 Å². The Morgan fingerprint density at radius 2 is 1.23 bits per heavy atom. The second-order valence-electron chi connectivity index (χ2n) is 14.4. The van der Waals surface area contributed by atoms with Gasteiger partial charge in [0.15, 0.2) is 0 Å². The summed E-state index contributed by atoms with van der Waals surface area (Å²) in [6.07, 6.45) is 1.33. The number of fused-ring (bicyclic) bond motifs is 12. The molecule has 0 radical (unpaired) electrons. The van der Waals surface area contributed by atoms with Gasteiger partial charge in [0.2, 0.25) is 0 Å². The van der Waals surface area contributed by atoms with Crippen LogP contribution in [0.1, 0.15) is 36.1 Å². The molecular formula is C47H30N4O. The molecule has 0 saturated heterocycles. The van der Waals surface area contributed by atoms with E-state index in [9.17, 15) is 5.26 Å². The predicted octanol–water partition coefficient (Wildman–Crippen LogP) is 12.0. The fraction of sp³-hybridized carbons (Fsp3) is 0.0638. The number of benzene rings is 7. The molecule has 0 atom stereocenters. The number of nitrogens with one attached hydrogen (secondary N) is 1. The van der Waals surface area contributed by atoms with Crippen LogP contribution >= 0.6 is 0 Å². The van der Waals surface area contributed by atoms with E-state index >= 15 is 0 Å². The normalized spacial score (nSPS) is 13.4. The van der Waals surface area contributed by atoms with E-state index in [4.69, 9.17) is 9.83 Å². The Kier molecular flexibility index (Phi) is 5.61. The standard InChI is InChI=1S/C47H30N4O/c1-47(2)37-15-7-3-11-29(37)33-21-34-35-22-36-32-14-6-10-18-44(32)52-45(36)24-42(35)51(41(34)23-38(33)47)46-28(26-49)19-27(25-48)20-43(46)50-39-16-8-4-12-30(39)31-13-5-9-17-40(31)50/h3-25,48H,1-2H3. The first-order valence-corrected chi connectivity index (χ1v) is 17.6. The average Bonchev–Trinajstić information content (AvgIpc) is 3.87. The van der Waals surface area contributed by atoms with Crippen LogP contribution in [0.5, 0.6) is 0 Å². The quantitative estimate of drug-likeness (QED) is 0.191. The largest absolute Gasteiger partial charge is 0.456 e. The maximum atomic E-state index is 11.0. The van der Waals surface area contributed by atoms with Crippen molar-refractivity contribution in [1.29, 1.82) is 10.7 Å². The summed E-state index contributed by atoms with van der Waals surface area (Å²) in [5.41, 5.74) is 13.3. The Bertz CT molecular complexity index is 3200. The first-order chi connectivity index (χ1) is 25.5. The van der Waals surface area contributed by atoms with E-state index in [2.05, 4.69) is 138 Å². The van der Waals surface area contributed by atoms with Crippen molar-refractivity contribution in [3.05, 3.63) is 156 Å². The van der Waals surface area contributed by atoms with Gasteiger partial charge < -0.3 is 19.0 Å². The summed E-state index contributed by atoms with van der Waals surface area (Å²) >= 11 is 0. The molecule has 1 aliphatic rings. The number of furan rings is 1. The minimum Gasteiger partial charge on any atom is -0.456 e. The van der Waals surface area contributed by atoms with E-state index in [0.717, 1.165) is 76.9 Å². The molecule has 1 N–H and O–H groups in total. The van der Waals surface area contributed by atoms with Crippen LogP contribution < -0.4 is 0 Å². The van der Waals surface area contributed by atoms with Crippen LogP contribution in [-0.2, 0) is 5.41 Å². The lowest BCUT2D eigenvalue weighted by molar-refractivity contribution is 0.661. The van der Waals surface area contributed by atoms with Gasteiger partial charge in [0.25, 0.3) is 0 Å². The Morgan fingerprint density at radius 3 is 1.98 bits per heavy atom. The molecule has 0 aliphatic heterocycles. The summed E-state index contributed by atoms with van der Waals surface area (Å²) in [6, 6.07) is 49.4. The third kappa shape index (κ3) is 3.63. The van der Waals surface area contributed by atoms with Crippen LogP contribution in [0.2, 0.25) is 0 Å². The van der Waals surface area contributed by atoms with Gasteiger partial charge in [-0.15, -0.1) is 0 Å². The Hall–Kier alpha value is -6.90. The zero-order chi connectivity index (χ0) is 34.9. The van der Waals surface area contributed by atoms with Gasteiger partial charge in [-0.3, -0.25) is 0 Å². The van der Waals surface area contributed by atoms with E-state index in [0.29, 0.717) is 11.1 Å². The van der Waals surface area contributed by atoms with Crippen molar-refractivity contribution in [1.82, 2.24) is 9.13 Å². The molecule has 5 nitrogen and oxygen atoms in total. The summed E-state index contributed by atoms with van der Waals surface area (Å²) < 4.78 is 11.0. The molecule has 3 heterocycles. The minimum atomic E-state index is -0.219. The highest BCUT2D eigenvalue weighted by atomic mass is 16.3. The average molecular weight is 667 g/mol. The van der Waals surface area contributed by atoms with Gasteiger partial charge in [-0.2, -0.15) is 5.26 Å². The lowest BCUT2D eigenvalue weighted by Crippen LogP contribution is -2.15. The lowest BCUT2D eigenvalue weighted by Gasteiger charge is -2.22. The zero-order valence-electron chi connectivity index (χ0n) is 28.5. The zero-order valence-corrected chi connectivity index (χ0v) is 28.5. The molecule has 3 aromatic heterocycles. The van der Waals surface area contributed by atoms with E-state index in [1.807, 2.05) is 24.3 Å². The smallest absolute Gasteiger partial charge is 0.137 e. The number of nitrogens with zero attached hydrogens (tertiary/aromatic N) is 3. The van der Waals surface area contributed by atoms with E-state index in [1.165, 1.54) is 28.5 Å². The molecule has 0 bridgehead atoms. The highest BCUT2D eigenvalue weighted by Gasteiger charge is 2.36. The monoisotopic (exact) mass is 666 g/mol. The summed E-state index contributed by atoms with van der Waals surface area (Å²) in [5, 5.41) is 25.9. The van der Waals surface area contributed by atoms with Crippen LogP contribution in [0.25, 0.3) is 88.1 Å². The maximum absolute atomic E-state index is 11.0. The number of hydrogen-bond acceptors (Lipinski definition) is 3. The maximum Gasteiger partial charge on any atom is 0.137 e. The van der Waals surface area contributed by atoms with Crippen LogP contribution in [-0.4, -0.2) is 15.3 Å². The van der Waals surface area contributed by atoms with Crippen LogP contribution in [0.3, 0.4) is 0 Å². The number of nitriles is 1. The summed E-state index contributed by atoms with van der Waals surface area (Å²) in [4.78, 5) is 0. The van der Waals surface area contributed by atoms with Crippen LogP contribution in [0.15, 0.2) is 138 Å². The number of hydrogen-bond donors (Lipinski definition) is 1. The van der Waals surface area contributed by atoms with Crippen LogP contribution in [0.4, 0.5) is 0 Å². The molecule has 0 saturated carbocycles. The van der Waals surface area contributed by atoms with Crippen molar-refractivity contribution in [2.75, 3.05) is 0 Å². The fourth-order valence-corrected chi connectivity index (χ4v) is 9.07. The van der Waals surface area contributed by atoms with E-state index in [1.54, 1.807) is 0 Å². The highest BCUT2D eigenvalue weighted by Crippen LogP contribution is 2.52. The van der Waals surface area contributed by atoms with Crippen molar-refractivity contribution in [2.24, 2.45) is 0 Å². The second kappa shape index (κ2) is 10.1.